The molecule has 0 fully saturated rings. The molecule has 27 heavy (non-hydrogen) atoms. The predicted molar refractivity (Wildman–Crippen MR) is 104 cm³/mol. The molecule has 6 heteroatoms. The quantitative estimate of drug-likeness (QED) is 0.495. The van der Waals surface area contributed by atoms with E-state index >= 15 is 0 Å². The molecule has 0 amide bonds. The van der Waals surface area contributed by atoms with Crippen LogP contribution in [0.3, 0.4) is 0 Å². The number of hydrogen-bond acceptors (Lipinski definition) is 6. The summed E-state index contributed by atoms with van der Waals surface area (Å²) in [5.41, 5.74) is 2.19. The fourth-order valence-corrected chi connectivity index (χ4v) is 3.31. The molecule has 4 aromatic rings. The third-order valence-electron chi connectivity index (χ3n) is 3.90. The number of benzene rings is 2. The highest BCUT2D eigenvalue weighted by molar-refractivity contribution is 7.98. The first-order valence-electron chi connectivity index (χ1n) is 8.26. The van der Waals surface area contributed by atoms with Gasteiger partial charge in [-0.15, -0.1) is 0 Å². The fraction of sp³-hybridized carbons (Fsp3) is 0.0476. The van der Waals surface area contributed by atoms with Crippen molar-refractivity contribution in [3.05, 3.63) is 89.0 Å². The Labute approximate surface area is 159 Å². The maximum atomic E-state index is 11.5. The maximum absolute atomic E-state index is 11.5. The highest BCUT2D eigenvalue weighted by Crippen LogP contribution is 2.36. The number of rotatable bonds is 5. The van der Waals surface area contributed by atoms with E-state index in [1.54, 1.807) is 0 Å². The summed E-state index contributed by atoms with van der Waals surface area (Å²) in [6.45, 7) is 0. The average Bonchev–Trinajstić information content (AvgIpc) is 3.15. The Morgan fingerprint density at radius 1 is 0.963 bits per heavy atom. The van der Waals surface area contributed by atoms with Crippen LogP contribution < -0.4 is 5.43 Å². The first-order valence-corrected chi connectivity index (χ1v) is 9.24. The molecule has 2 aromatic carbocycles. The van der Waals surface area contributed by atoms with Gasteiger partial charge in [-0.25, -0.2) is 4.98 Å². The topological polar surface area (TPSA) is 76.5 Å². The van der Waals surface area contributed by atoms with Crippen LogP contribution in [0.2, 0.25) is 0 Å². The van der Waals surface area contributed by atoms with Gasteiger partial charge in [0.05, 0.1) is 5.75 Å². The lowest BCUT2D eigenvalue weighted by molar-refractivity contribution is 0.418. The van der Waals surface area contributed by atoms with Gasteiger partial charge in [0.1, 0.15) is 17.7 Å². The third kappa shape index (κ3) is 3.80. The Morgan fingerprint density at radius 2 is 1.63 bits per heavy atom. The van der Waals surface area contributed by atoms with Crippen molar-refractivity contribution in [1.29, 1.82) is 0 Å². The van der Waals surface area contributed by atoms with Gasteiger partial charge in [-0.1, -0.05) is 72.4 Å². The molecular weight excluding hydrogens is 362 g/mol. The van der Waals surface area contributed by atoms with Crippen LogP contribution in [0.25, 0.3) is 22.6 Å². The summed E-state index contributed by atoms with van der Waals surface area (Å²) in [6, 6.07) is 20.9. The first-order chi connectivity index (χ1) is 13.2. The normalized spacial score (nSPS) is 10.8. The van der Waals surface area contributed by atoms with E-state index in [0.29, 0.717) is 22.5 Å². The maximum Gasteiger partial charge on any atom is 0.257 e. The van der Waals surface area contributed by atoms with Crippen molar-refractivity contribution in [2.45, 2.75) is 11.0 Å². The molecule has 0 saturated carbocycles. The summed E-state index contributed by atoms with van der Waals surface area (Å²) in [7, 11) is 0. The Hall–Kier alpha value is -3.25. The van der Waals surface area contributed by atoms with Gasteiger partial charge < -0.3 is 13.9 Å². The molecule has 0 aliphatic heterocycles. The van der Waals surface area contributed by atoms with Crippen LogP contribution in [0.5, 0.6) is 5.75 Å². The summed E-state index contributed by atoms with van der Waals surface area (Å²) >= 11 is 1.32. The smallest absolute Gasteiger partial charge is 0.257 e. The molecule has 1 N–H and O–H groups in total. The van der Waals surface area contributed by atoms with E-state index in [9.17, 15) is 9.90 Å². The molecule has 2 aromatic heterocycles. The Morgan fingerprint density at radius 3 is 2.30 bits per heavy atom. The second-order valence-electron chi connectivity index (χ2n) is 5.77. The Kier molecular flexibility index (Phi) is 4.80. The summed E-state index contributed by atoms with van der Waals surface area (Å²) in [5, 5.41) is 9.75. The van der Waals surface area contributed by atoms with Crippen molar-refractivity contribution in [2.24, 2.45) is 0 Å². The third-order valence-corrected chi connectivity index (χ3v) is 4.75. The van der Waals surface area contributed by atoms with Gasteiger partial charge in [-0.2, -0.15) is 0 Å². The van der Waals surface area contributed by atoms with Gasteiger partial charge in [0, 0.05) is 17.2 Å². The van der Waals surface area contributed by atoms with E-state index in [0.717, 1.165) is 23.1 Å². The summed E-state index contributed by atoms with van der Waals surface area (Å²) < 4.78 is 11.2. The zero-order valence-corrected chi connectivity index (χ0v) is 15.0. The molecule has 0 aliphatic rings. The molecule has 134 valence electrons. The molecular formula is C21H15NO4S. The molecule has 0 aliphatic carbocycles. The van der Waals surface area contributed by atoms with E-state index in [1.807, 2.05) is 60.7 Å². The molecule has 4 rings (SSSR count). The van der Waals surface area contributed by atoms with Crippen molar-refractivity contribution < 1.29 is 13.9 Å². The molecule has 0 radical (unpaired) electrons. The van der Waals surface area contributed by atoms with E-state index in [-0.39, 0.29) is 0 Å². The molecule has 2 heterocycles. The number of hydrogen-bond donors (Lipinski definition) is 1. The second kappa shape index (κ2) is 7.55. The Balaban J connectivity index is 1.66. The first kappa shape index (κ1) is 17.2. The van der Waals surface area contributed by atoms with Gasteiger partial charge in [0.2, 0.25) is 5.43 Å². The minimum atomic E-state index is -0.473. The number of oxazole rings is 1. The monoisotopic (exact) mass is 377 g/mol. The van der Waals surface area contributed by atoms with Crippen LogP contribution in [0.15, 0.2) is 91.8 Å². The van der Waals surface area contributed by atoms with E-state index in [4.69, 9.17) is 8.83 Å². The number of nitrogens with zero attached hydrogens (tertiary/aromatic N) is 1. The Bertz CT molecular complexity index is 1050. The van der Waals surface area contributed by atoms with Crippen molar-refractivity contribution >= 4 is 11.8 Å². The molecule has 0 saturated heterocycles. The van der Waals surface area contributed by atoms with Gasteiger partial charge >= 0.3 is 0 Å². The summed E-state index contributed by atoms with van der Waals surface area (Å²) in [5.74, 6) is 1.08. The standard InChI is InChI=1S/C21H15NO4S/c23-17-11-16(25-12-18(17)24)13-27-21-22-19(14-7-3-1-4-8-14)20(26-21)15-9-5-2-6-10-15/h1-12,24H,13H2. The van der Waals surface area contributed by atoms with E-state index < -0.39 is 11.2 Å². The van der Waals surface area contributed by atoms with Gasteiger partial charge in [-0.05, 0) is 0 Å². The fourth-order valence-electron chi connectivity index (χ4n) is 2.59. The van der Waals surface area contributed by atoms with Crippen LogP contribution in [0, 0.1) is 0 Å². The summed E-state index contributed by atoms with van der Waals surface area (Å²) in [4.78, 5) is 16.2. The van der Waals surface area contributed by atoms with Crippen molar-refractivity contribution in [1.82, 2.24) is 4.98 Å². The highest BCUT2D eigenvalue weighted by Gasteiger charge is 2.17. The molecule has 0 spiro atoms. The average molecular weight is 377 g/mol. The van der Waals surface area contributed by atoms with Crippen LogP contribution >= 0.6 is 11.8 Å². The van der Waals surface area contributed by atoms with Crippen LogP contribution in [-0.2, 0) is 5.75 Å². The van der Waals surface area contributed by atoms with Crippen LogP contribution in [0.4, 0.5) is 0 Å². The SMILES string of the molecule is O=c1cc(CSc2nc(-c3ccccc3)c(-c3ccccc3)o2)occ1O. The van der Waals surface area contributed by atoms with E-state index in [1.165, 1.54) is 17.8 Å². The van der Waals surface area contributed by atoms with E-state index in [2.05, 4.69) is 4.98 Å². The van der Waals surface area contributed by atoms with Crippen LogP contribution in [0.1, 0.15) is 5.76 Å². The van der Waals surface area contributed by atoms with Crippen LogP contribution in [-0.4, -0.2) is 10.1 Å². The highest BCUT2D eigenvalue weighted by atomic mass is 32.2. The lowest BCUT2D eigenvalue weighted by Crippen LogP contribution is -1.99. The zero-order chi connectivity index (χ0) is 18.6. The summed E-state index contributed by atoms with van der Waals surface area (Å²) in [6.07, 6.45) is 1.04. The number of thioether (sulfide) groups is 1. The lowest BCUT2D eigenvalue weighted by Gasteiger charge is -2.00. The second-order valence-corrected chi connectivity index (χ2v) is 6.70. The zero-order valence-electron chi connectivity index (χ0n) is 14.2. The lowest BCUT2D eigenvalue weighted by atomic mass is 10.1. The minimum Gasteiger partial charge on any atom is -0.502 e. The molecule has 5 nitrogen and oxygen atoms in total. The van der Waals surface area contributed by atoms with Gasteiger partial charge in [-0.3, -0.25) is 4.79 Å². The van der Waals surface area contributed by atoms with Gasteiger partial charge in [0.25, 0.3) is 5.22 Å². The van der Waals surface area contributed by atoms with Crippen molar-refractivity contribution in [3.8, 4) is 28.3 Å². The predicted octanol–water partition coefficient (Wildman–Crippen LogP) is 4.96. The number of aromatic nitrogens is 1. The minimum absolute atomic E-state index is 0.360. The van der Waals surface area contributed by atoms with Gasteiger partial charge in [0.15, 0.2) is 11.5 Å². The molecule has 0 unspecified atom stereocenters. The van der Waals surface area contributed by atoms with Crippen molar-refractivity contribution in [2.75, 3.05) is 0 Å². The number of aromatic hydroxyl groups is 1. The molecule has 0 atom stereocenters. The molecule has 0 bridgehead atoms. The largest absolute Gasteiger partial charge is 0.502 e. The van der Waals surface area contributed by atoms with Crippen molar-refractivity contribution in [3.63, 3.8) is 0 Å².